The van der Waals surface area contributed by atoms with E-state index >= 15 is 0 Å². The molecule has 4 nitrogen and oxygen atoms in total. The van der Waals surface area contributed by atoms with E-state index in [4.69, 9.17) is 9.47 Å². The van der Waals surface area contributed by atoms with Crippen LogP contribution < -0.4 is 0 Å². The lowest BCUT2D eigenvalue weighted by Gasteiger charge is -2.29. The highest BCUT2D eigenvalue weighted by Crippen LogP contribution is 2.56. The molecule has 2 heterocycles. The van der Waals surface area contributed by atoms with Crippen molar-refractivity contribution in [2.75, 3.05) is 0 Å². The smallest absolute Gasteiger partial charge is 0.302 e. The Hall–Kier alpha value is -2.46. The van der Waals surface area contributed by atoms with Gasteiger partial charge in [-0.15, -0.1) is 0 Å². The van der Waals surface area contributed by atoms with E-state index in [9.17, 15) is 9.59 Å². The average Bonchev–Trinajstić information content (AvgIpc) is 3.47. The molecule has 5 rings (SSSR count). The zero-order valence-electron chi connectivity index (χ0n) is 19.4. The molecule has 168 valence electrons. The molecule has 3 aliphatic rings. The molecule has 2 aromatic rings. The van der Waals surface area contributed by atoms with Crippen LogP contribution in [0.4, 0.5) is 0 Å². The van der Waals surface area contributed by atoms with Crippen LogP contribution in [0.5, 0.6) is 0 Å². The first-order valence-electron chi connectivity index (χ1n) is 12.0. The lowest BCUT2D eigenvalue weighted by atomic mass is 9.80. The predicted molar refractivity (Wildman–Crippen MR) is 124 cm³/mol. The second-order valence-corrected chi connectivity index (χ2v) is 9.63. The molecule has 6 atom stereocenters. The first-order chi connectivity index (χ1) is 15.4. The number of fused-ring (bicyclic) bond motifs is 5. The summed E-state index contributed by atoms with van der Waals surface area (Å²) < 4.78 is 12.0. The number of Topliss-reactive ketones (excluding diaryl/α,β-unsaturated/α-hetero) is 1. The lowest BCUT2D eigenvalue weighted by molar-refractivity contribution is -0.150. The van der Waals surface area contributed by atoms with E-state index in [-0.39, 0.29) is 35.8 Å². The maximum Gasteiger partial charge on any atom is 0.302 e. The van der Waals surface area contributed by atoms with Gasteiger partial charge in [-0.1, -0.05) is 55.8 Å². The SMILES string of the molecule is CCc1cc(-c2ccc(C)cc2)cc(CC)c1C1C(=O)C2C3CCC(O3)C2C1OC(C)=O. The number of benzene rings is 2. The number of esters is 1. The Morgan fingerprint density at radius 2 is 1.62 bits per heavy atom. The maximum atomic E-state index is 13.8. The van der Waals surface area contributed by atoms with Crippen LogP contribution in [0.15, 0.2) is 36.4 Å². The molecule has 0 N–H and O–H groups in total. The quantitative estimate of drug-likeness (QED) is 0.611. The van der Waals surface area contributed by atoms with Gasteiger partial charge in [-0.25, -0.2) is 0 Å². The second kappa shape index (κ2) is 8.15. The third kappa shape index (κ3) is 3.31. The first-order valence-corrected chi connectivity index (χ1v) is 12.0. The van der Waals surface area contributed by atoms with E-state index in [0.29, 0.717) is 0 Å². The van der Waals surface area contributed by atoms with Crippen molar-refractivity contribution in [1.29, 1.82) is 0 Å². The normalized spacial score (nSPS) is 30.6. The van der Waals surface area contributed by atoms with Gasteiger partial charge in [0.1, 0.15) is 11.9 Å². The molecule has 2 saturated heterocycles. The number of hydrogen-bond acceptors (Lipinski definition) is 4. The summed E-state index contributed by atoms with van der Waals surface area (Å²) >= 11 is 0. The molecular formula is C28H32O4. The largest absolute Gasteiger partial charge is 0.461 e. The van der Waals surface area contributed by atoms with Crippen molar-refractivity contribution in [1.82, 2.24) is 0 Å². The molecule has 1 aliphatic carbocycles. The van der Waals surface area contributed by atoms with Gasteiger partial charge in [0.15, 0.2) is 0 Å². The first kappa shape index (κ1) is 21.4. The standard InChI is InChI=1S/C28H32O4/c1-5-17-13-20(19-9-7-15(3)8-10-19)14-18(6-2)23(17)26-27(30)24-21-11-12-22(32-21)25(24)28(26)31-16(4)29/h7-10,13-14,21-22,24-26,28H,5-6,11-12H2,1-4H3. The van der Waals surface area contributed by atoms with Crippen LogP contribution in [-0.4, -0.2) is 30.1 Å². The van der Waals surface area contributed by atoms with Crippen molar-refractivity contribution in [3.05, 3.63) is 58.7 Å². The van der Waals surface area contributed by atoms with Crippen LogP contribution in [-0.2, 0) is 31.9 Å². The summed E-state index contributed by atoms with van der Waals surface area (Å²) in [6, 6.07) is 13.0. The van der Waals surface area contributed by atoms with Gasteiger partial charge in [0, 0.05) is 12.8 Å². The summed E-state index contributed by atoms with van der Waals surface area (Å²) in [5.41, 5.74) is 7.06. The van der Waals surface area contributed by atoms with Crippen LogP contribution in [0.25, 0.3) is 11.1 Å². The molecule has 0 radical (unpaired) electrons. The Balaban J connectivity index is 1.63. The van der Waals surface area contributed by atoms with Crippen molar-refractivity contribution in [2.45, 2.75) is 77.6 Å². The second-order valence-electron chi connectivity index (χ2n) is 9.63. The summed E-state index contributed by atoms with van der Waals surface area (Å²) in [6.45, 7) is 7.83. The van der Waals surface area contributed by atoms with Crippen molar-refractivity contribution >= 4 is 11.8 Å². The fraction of sp³-hybridized carbons (Fsp3) is 0.500. The molecule has 4 heteroatoms. The third-order valence-electron chi connectivity index (χ3n) is 7.78. The number of ketones is 1. The van der Waals surface area contributed by atoms with Gasteiger partial charge in [-0.3, -0.25) is 9.59 Å². The van der Waals surface area contributed by atoms with Crippen LogP contribution in [0.1, 0.15) is 61.8 Å². The summed E-state index contributed by atoms with van der Waals surface area (Å²) in [5, 5.41) is 0. The highest BCUT2D eigenvalue weighted by molar-refractivity contribution is 5.94. The average molecular weight is 433 g/mol. The van der Waals surface area contributed by atoms with E-state index < -0.39 is 12.0 Å². The summed E-state index contributed by atoms with van der Waals surface area (Å²) in [7, 11) is 0. The highest BCUT2D eigenvalue weighted by Gasteiger charge is 2.64. The molecule has 1 saturated carbocycles. The van der Waals surface area contributed by atoms with E-state index in [1.165, 1.54) is 34.7 Å². The molecule has 2 aromatic carbocycles. The number of aryl methyl sites for hydroxylation is 3. The van der Waals surface area contributed by atoms with Gasteiger partial charge >= 0.3 is 5.97 Å². The molecule has 2 bridgehead atoms. The van der Waals surface area contributed by atoms with Gasteiger partial charge in [-0.2, -0.15) is 0 Å². The van der Waals surface area contributed by atoms with Crippen molar-refractivity contribution < 1.29 is 19.1 Å². The fourth-order valence-corrected chi connectivity index (χ4v) is 6.42. The fourth-order valence-electron chi connectivity index (χ4n) is 6.42. The van der Waals surface area contributed by atoms with Crippen LogP contribution in [0.2, 0.25) is 0 Å². The van der Waals surface area contributed by atoms with Crippen LogP contribution >= 0.6 is 0 Å². The summed E-state index contributed by atoms with van der Waals surface area (Å²) in [5.74, 6) is -0.655. The lowest BCUT2D eigenvalue weighted by Crippen LogP contribution is -2.34. The minimum Gasteiger partial charge on any atom is -0.461 e. The van der Waals surface area contributed by atoms with Gasteiger partial charge in [0.05, 0.1) is 24.0 Å². The zero-order chi connectivity index (χ0) is 22.6. The van der Waals surface area contributed by atoms with Gasteiger partial charge < -0.3 is 9.47 Å². The third-order valence-corrected chi connectivity index (χ3v) is 7.78. The molecule has 6 unspecified atom stereocenters. The molecular weight excluding hydrogens is 400 g/mol. The number of hydrogen-bond donors (Lipinski definition) is 0. The number of rotatable bonds is 5. The minimum absolute atomic E-state index is 0.0115. The minimum atomic E-state index is -0.430. The zero-order valence-corrected chi connectivity index (χ0v) is 19.4. The topological polar surface area (TPSA) is 52.6 Å². The van der Waals surface area contributed by atoms with E-state index in [0.717, 1.165) is 31.2 Å². The summed E-state index contributed by atoms with van der Waals surface area (Å²) in [4.78, 5) is 25.9. The van der Waals surface area contributed by atoms with E-state index in [1.807, 2.05) is 0 Å². The Kier molecular flexibility index (Phi) is 5.45. The monoisotopic (exact) mass is 432 g/mol. The number of ether oxygens (including phenoxy) is 2. The van der Waals surface area contributed by atoms with Crippen LogP contribution in [0.3, 0.4) is 0 Å². The molecule has 2 aliphatic heterocycles. The maximum absolute atomic E-state index is 13.8. The molecule has 0 spiro atoms. The number of carbonyl (C=O) groups is 2. The molecule has 0 amide bonds. The predicted octanol–water partition coefficient (Wildman–Crippen LogP) is 5.18. The van der Waals surface area contributed by atoms with Gasteiger partial charge in [-0.05, 0) is 60.4 Å². The Bertz CT molecular complexity index is 1030. The van der Waals surface area contributed by atoms with E-state index in [1.54, 1.807) is 0 Å². The Morgan fingerprint density at radius 1 is 1.00 bits per heavy atom. The van der Waals surface area contributed by atoms with Crippen molar-refractivity contribution in [2.24, 2.45) is 11.8 Å². The number of carbonyl (C=O) groups excluding carboxylic acids is 2. The van der Waals surface area contributed by atoms with E-state index in [2.05, 4.69) is 57.2 Å². The highest BCUT2D eigenvalue weighted by atomic mass is 16.6. The Labute approximate surface area is 190 Å². The molecule has 0 aromatic heterocycles. The van der Waals surface area contributed by atoms with Crippen LogP contribution in [0, 0.1) is 18.8 Å². The molecule has 3 fully saturated rings. The van der Waals surface area contributed by atoms with Gasteiger partial charge in [0.25, 0.3) is 0 Å². The molecule has 32 heavy (non-hydrogen) atoms. The summed E-state index contributed by atoms with van der Waals surface area (Å²) in [6.07, 6.45) is 3.14. The van der Waals surface area contributed by atoms with Crippen molar-refractivity contribution in [3.8, 4) is 11.1 Å². The Morgan fingerprint density at radius 3 is 2.22 bits per heavy atom. The van der Waals surface area contributed by atoms with Crippen molar-refractivity contribution in [3.63, 3.8) is 0 Å². The van der Waals surface area contributed by atoms with Gasteiger partial charge in [0.2, 0.25) is 0 Å².